The quantitative estimate of drug-likeness (QED) is 0.780. The normalized spacial score (nSPS) is 25.2. The van der Waals surface area contributed by atoms with Crippen molar-refractivity contribution in [2.24, 2.45) is 0 Å². The Balaban J connectivity index is 2.20. The van der Waals surface area contributed by atoms with Crippen LogP contribution in [0.2, 0.25) is 5.15 Å². The Bertz CT molecular complexity index is 632. The monoisotopic (exact) mass is 303 g/mol. The van der Waals surface area contributed by atoms with Gasteiger partial charge in [-0.05, 0) is 19.4 Å². The molecule has 1 saturated heterocycles. The number of sulfone groups is 1. The first kappa shape index (κ1) is 14.1. The molecule has 0 aliphatic carbocycles. The standard InChI is InChI=1S/C11H14ClN3O3S/c1-11(2-3-19(17,18)6-11)15-10(16)7-4-9(12)14-5-8(7)13/h4-5H,2-3,6,13H2,1H3,(H,15,16). The topological polar surface area (TPSA) is 102 Å². The van der Waals surface area contributed by atoms with Gasteiger partial charge in [-0.25, -0.2) is 13.4 Å². The Labute approximate surface area is 116 Å². The van der Waals surface area contributed by atoms with Gasteiger partial charge in [0.25, 0.3) is 5.91 Å². The lowest BCUT2D eigenvalue weighted by Gasteiger charge is -2.24. The number of carbonyl (C=O) groups excluding carboxylic acids is 1. The first-order chi connectivity index (χ1) is 8.71. The Morgan fingerprint density at radius 1 is 1.58 bits per heavy atom. The van der Waals surface area contributed by atoms with Crippen molar-refractivity contribution in [2.45, 2.75) is 18.9 Å². The second-order valence-electron chi connectivity index (χ2n) is 4.95. The molecule has 6 nitrogen and oxygen atoms in total. The highest BCUT2D eigenvalue weighted by Gasteiger charge is 2.39. The van der Waals surface area contributed by atoms with Crippen molar-refractivity contribution in [2.75, 3.05) is 17.2 Å². The predicted octanol–water partition coefficient (Wildman–Crippen LogP) is 0.624. The Morgan fingerprint density at radius 2 is 2.26 bits per heavy atom. The van der Waals surface area contributed by atoms with E-state index in [0.717, 1.165) is 0 Å². The first-order valence-corrected chi connectivity index (χ1v) is 7.85. The van der Waals surface area contributed by atoms with Gasteiger partial charge in [-0.1, -0.05) is 11.6 Å². The predicted molar refractivity (Wildman–Crippen MR) is 72.8 cm³/mol. The molecule has 1 aromatic heterocycles. The van der Waals surface area contributed by atoms with Gasteiger partial charge in [0.1, 0.15) is 5.15 Å². The van der Waals surface area contributed by atoms with Crippen LogP contribution in [0.4, 0.5) is 5.69 Å². The summed E-state index contributed by atoms with van der Waals surface area (Å²) in [7, 11) is -3.08. The highest BCUT2D eigenvalue weighted by molar-refractivity contribution is 7.91. The number of nitrogens with zero attached hydrogens (tertiary/aromatic N) is 1. The van der Waals surface area contributed by atoms with Crippen molar-refractivity contribution in [1.82, 2.24) is 10.3 Å². The second kappa shape index (κ2) is 4.64. The highest BCUT2D eigenvalue weighted by atomic mass is 35.5. The molecular formula is C11H14ClN3O3S. The average Bonchev–Trinajstić information content (AvgIpc) is 2.56. The molecule has 1 atom stereocenters. The number of nitrogen functional groups attached to an aromatic ring is 1. The van der Waals surface area contributed by atoms with Crippen LogP contribution in [0.25, 0.3) is 0 Å². The summed E-state index contributed by atoms with van der Waals surface area (Å²) in [5.41, 5.74) is 5.29. The van der Waals surface area contributed by atoms with E-state index in [1.807, 2.05) is 0 Å². The summed E-state index contributed by atoms with van der Waals surface area (Å²) >= 11 is 5.71. The molecule has 1 aliphatic heterocycles. The van der Waals surface area contributed by atoms with E-state index < -0.39 is 21.3 Å². The summed E-state index contributed by atoms with van der Waals surface area (Å²) in [5.74, 6) is -0.428. The fraction of sp³-hybridized carbons (Fsp3) is 0.455. The van der Waals surface area contributed by atoms with Gasteiger partial charge in [-0.15, -0.1) is 0 Å². The minimum Gasteiger partial charge on any atom is -0.397 e. The van der Waals surface area contributed by atoms with Crippen LogP contribution >= 0.6 is 11.6 Å². The highest BCUT2D eigenvalue weighted by Crippen LogP contribution is 2.24. The van der Waals surface area contributed by atoms with E-state index in [1.54, 1.807) is 6.92 Å². The first-order valence-electron chi connectivity index (χ1n) is 5.65. The van der Waals surface area contributed by atoms with E-state index >= 15 is 0 Å². The van der Waals surface area contributed by atoms with Gasteiger partial charge in [-0.3, -0.25) is 4.79 Å². The number of nitrogens with one attached hydrogen (secondary N) is 1. The van der Waals surface area contributed by atoms with Crippen LogP contribution < -0.4 is 11.1 Å². The van der Waals surface area contributed by atoms with Crippen LogP contribution in [-0.4, -0.2) is 36.4 Å². The van der Waals surface area contributed by atoms with Gasteiger partial charge in [0.05, 0.1) is 34.5 Å². The number of hydrogen-bond acceptors (Lipinski definition) is 5. The van der Waals surface area contributed by atoms with Crippen LogP contribution in [0.3, 0.4) is 0 Å². The Morgan fingerprint density at radius 3 is 2.84 bits per heavy atom. The molecule has 19 heavy (non-hydrogen) atoms. The van der Waals surface area contributed by atoms with Crippen LogP contribution in [0.15, 0.2) is 12.3 Å². The fourth-order valence-electron chi connectivity index (χ4n) is 2.09. The van der Waals surface area contributed by atoms with Crippen molar-refractivity contribution in [3.05, 3.63) is 23.0 Å². The number of nitrogens with two attached hydrogens (primary N) is 1. The van der Waals surface area contributed by atoms with Gasteiger partial charge in [0.2, 0.25) is 0 Å². The molecule has 1 aliphatic rings. The lowest BCUT2D eigenvalue weighted by Crippen LogP contribution is -2.47. The van der Waals surface area contributed by atoms with E-state index in [1.165, 1.54) is 12.3 Å². The van der Waals surface area contributed by atoms with E-state index in [2.05, 4.69) is 10.3 Å². The van der Waals surface area contributed by atoms with Crippen LogP contribution in [0.1, 0.15) is 23.7 Å². The smallest absolute Gasteiger partial charge is 0.253 e. The van der Waals surface area contributed by atoms with E-state index in [9.17, 15) is 13.2 Å². The number of halogens is 1. The van der Waals surface area contributed by atoms with Gasteiger partial charge < -0.3 is 11.1 Å². The molecule has 104 valence electrons. The summed E-state index contributed by atoms with van der Waals surface area (Å²) < 4.78 is 23.0. The lowest BCUT2D eigenvalue weighted by atomic mass is 10.0. The molecule has 0 aromatic carbocycles. The number of pyridine rings is 1. The fourth-order valence-corrected chi connectivity index (χ4v) is 4.34. The molecule has 1 amide bonds. The number of rotatable bonds is 2. The molecule has 1 aromatic rings. The van der Waals surface area contributed by atoms with E-state index in [-0.39, 0.29) is 27.9 Å². The molecular weight excluding hydrogens is 290 g/mol. The molecule has 0 saturated carbocycles. The summed E-state index contributed by atoms with van der Waals surface area (Å²) in [6.45, 7) is 1.70. The lowest BCUT2D eigenvalue weighted by molar-refractivity contribution is 0.0916. The molecule has 2 rings (SSSR count). The minimum absolute atomic E-state index is 0.0650. The number of aromatic nitrogens is 1. The van der Waals surface area contributed by atoms with Crippen molar-refractivity contribution in [1.29, 1.82) is 0 Å². The molecule has 1 unspecified atom stereocenters. The van der Waals surface area contributed by atoms with Gasteiger partial charge in [-0.2, -0.15) is 0 Å². The zero-order valence-electron chi connectivity index (χ0n) is 10.3. The third kappa shape index (κ3) is 3.16. The van der Waals surface area contributed by atoms with Crippen molar-refractivity contribution in [3.8, 4) is 0 Å². The zero-order valence-corrected chi connectivity index (χ0v) is 11.9. The van der Waals surface area contributed by atoms with Crippen LogP contribution in [0.5, 0.6) is 0 Å². The Kier molecular flexibility index (Phi) is 3.44. The van der Waals surface area contributed by atoms with Crippen molar-refractivity contribution in [3.63, 3.8) is 0 Å². The maximum absolute atomic E-state index is 12.1. The average molecular weight is 304 g/mol. The number of carbonyl (C=O) groups is 1. The maximum atomic E-state index is 12.1. The number of hydrogen-bond donors (Lipinski definition) is 2. The Hall–Kier alpha value is -1.34. The third-order valence-electron chi connectivity index (χ3n) is 3.06. The molecule has 1 fully saturated rings. The number of amides is 1. The van der Waals surface area contributed by atoms with Gasteiger partial charge in [0.15, 0.2) is 9.84 Å². The van der Waals surface area contributed by atoms with Crippen LogP contribution in [-0.2, 0) is 9.84 Å². The second-order valence-corrected chi connectivity index (χ2v) is 7.52. The SMILES string of the molecule is CC1(NC(=O)c2cc(Cl)ncc2N)CCS(=O)(=O)C1. The van der Waals surface area contributed by atoms with Crippen molar-refractivity contribution < 1.29 is 13.2 Å². The third-order valence-corrected chi connectivity index (χ3v) is 5.17. The van der Waals surface area contributed by atoms with E-state index in [0.29, 0.717) is 6.42 Å². The maximum Gasteiger partial charge on any atom is 0.253 e. The van der Waals surface area contributed by atoms with Gasteiger partial charge >= 0.3 is 0 Å². The molecule has 0 radical (unpaired) electrons. The zero-order chi connectivity index (χ0) is 14.3. The summed E-state index contributed by atoms with van der Waals surface area (Å²) in [6, 6.07) is 1.36. The van der Waals surface area contributed by atoms with Crippen molar-refractivity contribution >= 4 is 33.0 Å². The van der Waals surface area contributed by atoms with E-state index in [4.69, 9.17) is 17.3 Å². The van der Waals surface area contributed by atoms with Crippen LogP contribution in [0, 0.1) is 0 Å². The molecule has 3 N–H and O–H groups in total. The number of anilines is 1. The molecule has 8 heteroatoms. The largest absolute Gasteiger partial charge is 0.397 e. The summed E-state index contributed by atoms with van der Waals surface area (Å²) in [4.78, 5) is 15.9. The molecule has 2 heterocycles. The summed E-state index contributed by atoms with van der Waals surface area (Å²) in [6.07, 6.45) is 1.69. The van der Waals surface area contributed by atoms with Gasteiger partial charge in [0, 0.05) is 0 Å². The minimum atomic E-state index is -3.08. The molecule has 0 spiro atoms. The summed E-state index contributed by atoms with van der Waals surface area (Å²) in [5, 5.41) is 2.87. The molecule has 0 bridgehead atoms.